The molecule has 4 heteroatoms. The predicted molar refractivity (Wildman–Crippen MR) is 72.7 cm³/mol. The Labute approximate surface area is 107 Å². The summed E-state index contributed by atoms with van der Waals surface area (Å²) in [6.45, 7) is 4.28. The number of nitrogens with zero attached hydrogens (tertiary/aromatic N) is 1. The molecule has 2 atom stereocenters. The highest BCUT2D eigenvalue weighted by Gasteiger charge is 2.24. The highest BCUT2D eigenvalue weighted by Crippen LogP contribution is 2.24. The molecule has 4 nitrogen and oxygen atoms in total. The van der Waals surface area contributed by atoms with Crippen molar-refractivity contribution in [2.45, 2.75) is 44.9 Å². The van der Waals surface area contributed by atoms with Crippen LogP contribution in [0.4, 0.5) is 5.69 Å². The molecule has 3 rings (SSSR count). The fourth-order valence-corrected chi connectivity index (χ4v) is 2.79. The van der Waals surface area contributed by atoms with Crippen LogP contribution in [-0.2, 0) is 4.74 Å². The van der Waals surface area contributed by atoms with Gasteiger partial charge in [0, 0.05) is 17.1 Å². The summed E-state index contributed by atoms with van der Waals surface area (Å²) >= 11 is 0. The number of hydrogen-bond acceptors (Lipinski definition) is 3. The van der Waals surface area contributed by atoms with Crippen molar-refractivity contribution in [1.82, 2.24) is 10.2 Å². The zero-order chi connectivity index (χ0) is 12.5. The van der Waals surface area contributed by atoms with E-state index in [1.807, 2.05) is 6.20 Å². The van der Waals surface area contributed by atoms with E-state index in [-0.39, 0.29) is 0 Å². The molecule has 0 bridgehead atoms. The van der Waals surface area contributed by atoms with Gasteiger partial charge in [-0.3, -0.25) is 5.10 Å². The van der Waals surface area contributed by atoms with Gasteiger partial charge in [-0.05, 0) is 44.9 Å². The van der Waals surface area contributed by atoms with Crippen LogP contribution < -0.4 is 5.32 Å². The van der Waals surface area contributed by atoms with Crippen LogP contribution >= 0.6 is 0 Å². The second kappa shape index (κ2) is 4.61. The number of aromatic amines is 1. The fraction of sp³-hybridized carbons (Fsp3) is 0.500. The minimum absolute atomic E-state index is 0.335. The highest BCUT2D eigenvalue weighted by molar-refractivity contribution is 5.81. The Kier molecular flexibility index (Phi) is 2.96. The molecule has 2 N–H and O–H groups in total. The van der Waals surface area contributed by atoms with E-state index in [1.54, 1.807) is 0 Å². The Morgan fingerprint density at radius 3 is 2.83 bits per heavy atom. The summed E-state index contributed by atoms with van der Waals surface area (Å²) < 4.78 is 5.76. The van der Waals surface area contributed by atoms with Crippen molar-refractivity contribution < 1.29 is 4.74 Å². The average Bonchev–Trinajstić information content (AvgIpc) is 2.74. The van der Waals surface area contributed by atoms with Crippen molar-refractivity contribution in [2.24, 2.45) is 0 Å². The molecule has 0 saturated carbocycles. The summed E-state index contributed by atoms with van der Waals surface area (Å²) in [4.78, 5) is 0. The van der Waals surface area contributed by atoms with Crippen LogP contribution in [0.2, 0.25) is 0 Å². The van der Waals surface area contributed by atoms with Gasteiger partial charge in [-0.15, -0.1) is 0 Å². The molecule has 1 saturated heterocycles. The summed E-state index contributed by atoms with van der Waals surface area (Å²) in [5.74, 6) is 0. The monoisotopic (exact) mass is 245 g/mol. The lowest BCUT2D eigenvalue weighted by molar-refractivity contribution is -0.0337. The van der Waals surface area contributed by atoms with Crippen LogP contribution in [0.15, 0.2) is 24.4 Å². The summed E-state index contributed by atoms with van der Waals surface area (Å²) in [5.41, 5.74) is 2.23. The molecule has 2 heterocycles. The van der Waals surface area contributed by atoms with Gasteiger partial charge in [0.15, 0.2) is 0 Å². The third-order valence-corrected chi connectivity index (χ3v) is 3.51. The number of ether oxygens (including phenoxy) is 1. The van der Waals surface area contributed by atoms with Gasteiger partial charge in [-0.25, -0.2) is 0 Å². The van der Waals surface area contributed by atoms with Crippen LogP contribution in [-0.4, -0.2) is 28.4 Å². The van der Waals surface area contributed by atoms with Gasteiger partial charge >= 0.3 is 0 Å². The average molecular weight is 245 g/mol. The first-order valence-corrected chi connectivity index (χ1v) is 6.56. The van der Waals surface area contributed by atoms with Gasteiger partial charge in [0.2, 0.25) is 0 Å². The van der Waals surface area contributed by atoms with Crippen LogP contribution in [0.1, 0.15) is 26.7 Å². The van der Waals surface area contributed by atoms with Crippen molar-refractivity contribution in [3.05, 3.63) is 24.4 Å². The number of benzene rings is 1. The first-order valence-electron chi connectivity index (χ1n) is 6.56. The lowest BCUT2D eigenvalue weighted by Gasteiger charge is -2.33. The predicted octanol–water partition coefficient (Wildman–Crippen LogP) is 2.93. The molecule has 0 amide bonds. The molecule has 0 aliphatic carbocycles. The van der Waals surface area contributed by atoms with Gasteiger partial charge < -0.3 is 10.1 Å². The van der Waals surface area contributed by atoms with E-state index in [1.165, 1.54) is 0 Å². The van der Waals surface area contributed by atoms with Crippen LogP contribution in [0.5, 0.6) is 0 Å². The van der Waals surface area contributed by atoms with Gasteiger partial charge in [0.1, 0.15) is 0 Å². The summed E-state index contributed by atoms with van der Waals surface area (Å²) in [7, 11) is 0. The maximum atomic E-state index is 5.76. The maximum Gasteiger partial charge on any atom is 0.0670 e. The molecule has 0 radical (unpaired) electrons. The Morgan fingerprint density at radius 1 is 1.28 bits per heavy atom. The van der Waals surface area contributed by atoms with Gasteiger partial charge in [-0.2, -0.15) is 5.10 Å². The minimum atomic E-state index is 0.335. The number of nitrogens with one attached hydrogen (secondary N) is 2. The Hall–Kier alpha value is -1.55. The molecular formula is C14H19N3O. The molecule has 1 aliphatic heterocycles. The maximum absolute atomic E-state index is 5.76. The first kappa shape index (κ1) is 11.5. The van der Waals surface area contributed by atoms with Gasteiger partial charge in [0.25, 0.3) is 0 Å². The van der Waals surface area contributed by atoms with Crippen molar-refractivity contribution >= 4 is 16.6 Å². The second-order valence-corrected chi connectivity index (χ2v) is 5.24. The second-order valence-electron chi connectivity index (χ2n) is 5.24. The zero-order valence-electron chi connectivity index (χ0n) is 10.8. The topological polar surface area (TPSA) is 49.9 Å². The third-order valence-electron chi connectivity index (χ3n) is 3.51. The lowest BCUT2D eigenvalue weighted by Crippen LogP contribution is -2.36. The zero-order valence-corrected chi connectivity index (χ0v) is 10.8. The van der Waals surface area contributed by atoms with E-state index < -0.39 is 0 Å². The van der Waals surface area contributed by atoms with Crippen molar-refractivity contribution in [1.29, 1.82) is 0 Å². The highest BCUT2D eigenvalue weighted by atomic mass is 16.5. The van der Waals surface area contributed by atoms with Gasteiger partial charge in [0.05, 0.1) is 23.9 Å². The summed E-state index contributed by atoms with van der Waals surface area (Å²) in [6.07, 6.45) is 4.64. The molecular weight excluding hydrogens is 226 g/mol. The number of aromatic nitrogens is 2. The SMILES string of the molecule is CC1CC(Nc2ccc3cn[nH]c3c2)CC(C)O1. The number of H-pyrrole nitrogens is 1. The van der Waals surface area contributed by atoms with Crippen molar-refractivity contribution in [2.75, 3.05) is 5.32 Å². The van der Waals surface area contributed by atoms with E-state index in [2.05, 4.69) is 47.6 Å². The third kappa shape index (κ3) is 2.34. The number of anilines is 1. The van der Waals surface area contributed by atoms with E-state index in [0.29, 0.717) is 18.2 Å². The number of hydrogen-bond donors (Lipinski definition) is 2. The molecule has 1 fully saturated rings. The van der Waals surface area contributed by atoms with E-state index in [0.717, 1.165) is 29.4 Å². The molecule has 18 heavy (non-hydrogen) atoms. The number of fused-ring (bicyclic) bond motifs is 1. The molecule has 96 valence electrons. The normalized spacial score (nSPS) is 28.4. The molecule has 2 unspecified atom stereocenters. The first-order chi connectivity index (χ1) is 8.70. The standard InChI is InChI=1S/C14H19N3O/c1-9-5-13(6-10(2)18-9)16-12-4-3-11-8-15-17-14(11)7-12/h3-4,7-10,13,16H,5-6H2,1-2H3,(H,15,17). The Morgan fingerprint density at radius 2 is 2.06 bits per heavy atom. The van der Waals surface area contributed by atoms with Crippen LogP contribution in [0, 0.1) is 0 Å². The summed E-state index contributed by atoms with van der Waals surface area (Å²) in [5, 5.41) is 11.8. The molecule has 2 aromatic rings. The lowest BCUT2D eigenvalue weighted by atomic mass is 9.99. The number of rotatable bonds is 2. The quantitative estimate of drug-likeness (QED) is 0.855. The Balaban J connectivity index is 1.74. The smallest absolute Gasteiger partial charge is 0.0670 e. The van der Waals surface area contributed by atoms with E-state index >= 15 is 0 Å². The van der Waals surface area contributed by atoms with Crippen LogP contribution in [0.25, 0.3) is 10.9 Å². The van der Waals surface area contributed by atoms with Crippen molar-refractivity contribution in [3.8, 4) is 0 Å². The molecule has 1 aromatic carbocycles. The van der Waals surface area contributed by atoms with E-state index in [4.69, 9.17) is 4.74 Å². The van der Waals surface area contributed by atoms with Crippen LogP contribution in [0.3, 0.4) is 0 Å². The molecule has 1 aliphatic rings. The largest absolute Gasteiger partial charge is 0.382 e. The molecule has 0 spiro atoms. The van der Waals surface area contributed by atoms with Gasteiger partial charge in [-0.1, -0.05) is 0 Å². The molecule has 1 aromatic heterocycles. The Bertz CT molecular complexity index is 527. The van der Waals surface area contributed by atoms with Crippen molar-refractivity contribution in [3.63, 3.8) is 0 Å². The fourth-order valence-electron chi connectivity index (χ4n) is 2.79. The minimum Gasteiger partial charge on any atom is -0.382 e. The van der Waals surface area contributed by atoms with E-state index in [9.17, 15) is 0 Å². The summed E-state index contributed by atoms with van der Waals surface area (Å²) in [6, 6.07) is 6.81.